The van der Waals surface area contributed by atoms with Crippen LogP contribution in [0.3, 0.4) is 0 Å². The minimum absolute atomic E-state index is 0.00527. The number of Topliss-reactive ketones (excluding diaryl/α,β-unsaturated/α-hetero) is 2. The molecule has 0 aliphatic carbocycles. The van der Waals surface area contributed by atoms with Gasteiger partial charge in [-0.3, -0.25) is 19.6 Å². The smallest absolute Gasteiger partial charge is 0.335 e. The maximum Gasteiger partial charge on any atom is 0.335 e. The van der Waals surface area contributed by atoms with Crippen LogP contribution in [0.15, 0.2) is 104 Å². The molecule has 214 valence electrons. The van der Waals surface area contributed by atoms with Crippen LogP contribution in [0.4, 0.5) is 13.2 Å². The van der Waals surface area contributed by atoms with Gasteiger partial charge in [-0.25, -0.2) is 4.39 Å². The summed E-state index contributed by atoms with van der Waals surface area (Å²) in [5, 5.41) is -0.0264. The van der Waals surface area contributed by atoms with Crippen molar-refractivity contribution >= 4 is 19.9 Å². The van der Waals surface area contributed by atoms with Crippen LogP contribution in [0.5, 0.6) is 0 Å². The monoisotopic (exact) mass is 578 g/mol. The van der Waals surface area contributed by atoms with E-state index in [-0.39, 0.29) is 27.8 Å². The van der Waals surface area contributed by atoms with E-state index in [4.69, 9.17) is 4.43 Å². The summed E-state index contributed by atoms with van der Waals surface area (Å²) < 4.78 is 47.3. The van der Waals surface area contributed by atoms with E-state index in [1.165, 1.54) is 48.8 Å². The zero-order chi connectivity index (χ0) is 30.3. The lowest BCUT2D eigenvalue weighted by Gasteiger charge is -2.39. The molecule has 0 bridgehead atoms. The average molecular weight is 579 g/mol. The van der Waals surface area contributed by atoms with Gasteiger partial charge >= 0.3 is 5.92 Å². The number of alkyl halides is 2. The van der Waals surface area contributed by atoms with Crippen molar-refractivity contribution in [2.24, 2.45) is 0 Å². The third-order valence-electron chi connectivity index (χ3n) is 6.96. The number of hydrogen-bond acceptors (Lipinski definition) is 5. The summed E-state index contributed by atoms with van der Waals surface area (Å²) in [5.74, 6) is -5.25. The van der Waals surface area contributed by atoms with Gasteiger partial charge in [0.2, 0.25) is 5.78 Å². The molecule has 0 amide bonds. The number of rotatable bonds is 8. The first-order chi connectivity index (χ1) is 19.2. The normalized spacial score (nSPS) is 12.6. The molecule has 2 aromatic heterocycles. The van der Waals surface area contributed by atoms with Crippen molar-refractivity contribution in [1.82, 2.24) is 9.97 Å². The van der Waals surface area contributed by atoms with Gasteiger partial charge in [0, 0.05) is 41.5 Å². The second-order valence-corrected chi connectivity index (χ2v) is 15.7. The second-order valence-electron chi connectivity index (χ2n) is 10.9. The molecule has 5 nitrogen and oxygen atoms in total. The van der Waals surface area contributed by atoms with Gasteiger partial charge in [-0.1, -0.05) is 51.1 Å². The largest absolute Gasteiger partial charge is 0.403 e. The molecule has 4 rings (SSSR count). The lowest BCUT2D eigenvalue weighted by atomic mass is 10.00. The van der Waals surface area contributed by atoms with Crippen molar-refractivity contribution in [3.63, 3.8) is 0 Å². The van der Waals surface area contributed by atoms with Crippen LogP contribution in [0, 0.1) is 5.82 Å². The van der Waals surface area contributed by atoms with Gasteiger partial charge in [-0.15, -0.1) is 0 Å². The molecule has 41 heavy (non-hydrogen) atoms. The number of halogens is 3. The van der Waals surface area contributed by atoms with Crippen LogP contribution < -0.4 is 0 Å². The van der Waals surface area contributed by atoms with E-state index in [0.29, 0.717) is 5.56 Å². The van der Waals surface area contributed by atoms with Crippen LogP contribution >= 0.6 is 0 Å². The summed E-state index contributed by atoms with van der Waals surface area (Å²) in [6, 6.07) is 19.0. The molecule has 0 spiro atoms. The Balaban J connectivity index is 0.000000239. The van der Waals surface area contributed by atoms with Gasteiger partial charge in [0.1, 0.15) is 11.9 Å². The maximum atomic E-state index is 13.9. The highest BCUT2D eigenvalue weighted by molar-refractivity contribution is 6.74. The Morgan fingerprint density at radius 3 is 1.78 bits per heavy atom. The van der Waals surface area contributed by atoms with Crippen molar-refractivity contribution in [3.05, 3.63) is 132 Å². The van der Waals surface area contributed by atoms with E-state index in [0.717, 1.165) is 17.7 Å². The number of carbonyl (C=O) groups excluding carboxylic acids is 2. The van der Waals surface area contributed by atoms with E-state index < -0.39 is 26.1 Å². The molecule has 0 saturated heterocycles. The van der Waals surface area contributed by atoms with Gasteiger partial charge in [0.05, 0.1) is 0 Å². The maximum absolute atomic E-state index is 13.9. The molecule has 0 aliphatic heterocycles. The van der Waals surface area contributed by atoms with Gasteiger partial charge in [-0.05, 0) is 72.2 Å². The van der Waals surface area contributed by atoms with Crippen LogP contribution in [0.2, 0.25) is 18.1 Å². The summed E-state index contributed by atoms with van der Waals surface area (Å²) in [4.78, 5) is 32.4. The zero-order valence-corrected chi connectivity index (χ0v) is 24.6. The topological polar surface area (TPSA) is 69.2 Å². The van der Waals surface area contributed by atoms with E-state index in [1.54, 1.807) is 42.7 Å². The minimum atomic E-state index is -3.52. The van der Waals surface area contributed by atoms with Gasteiger partial charge in [0.15, 0.2) is 14.1 Å². The highest BCUT2D eigenvalue weighted by Gasteiger charge is 2.42. The Morgan fingerprint density at radius 1 is 0.756 bits per heavy atom. The zero-order valence-electron chi connectivity index (χ0n) is 23.6. The fraction of sp³-hybridized carbons (Fsp3) is 0.250. The standard InChI is InChI=1S/C19H24FNO2Si.C13H9F2NO/c1-19(2,3)24(4,5)23-18(15-10-12-21-13-11-15)17(22)14-6-8-16(20)9-7-14;14-13(15,11-6-8-16-9-7-11)12(17)10-4-2-1-3-5-10/h6-13,18H,1-5H3;1-9H. The first-order valence-corrected chi connectivity index (χ1v) is 15.9. The molecule has 0 saturated carbocycles. The third kappa shape index (κ3) is 8.05. The Hall–Kier alpha value is -3.95. The number of hydrogen-bond donors (Lipinski definition) is 0. The Morgan fingerprint density at radius 2 is 1.27 bits per heavy atom. The molecular formula is C32H33F3N2O3Si. The van der Waals surface area contributed by atoms with Crippen molar-refractivity contribution in [3.8, 4) is 0 Å². The third-order valence-corrected chi connectivity index (χ3v) is 11.4. The molecule has 0 N–H and O–H groups in total. The van der Waals surface area contributed by atoms with Crippen molar-refractivity contribution in [2.45, 2.75) is 50.9 Å². The predicted octanol–water partition coefficient (Wildman–Crippen LogP) is 8.22. The molecule has 2 heterocycles. The van der Waals surface area contributed by atoms with Gasteiger partial charge in [0.25, 0.3) is 0 Å². The molecule has 1 unspecified atom stereocenters. The second kappa shape index (κ2) is 13.1. The molecular weight excluding hydrogens is 545 g/mol. The summed E-state index contributed by atoms with van der Waals surface area (Å²) in [6.45, 7) is 10.6. The van der Waals surface area contributed by atoms with Crippen LogP contribution in [0.1, 0.15) is 58.7 Å². The van der Waals surface area contributed by atoms with Crippen LogP contribution in [-0.4, -0.2) is 29.9 Å². The molecule has 1 atom stereocenters. The highest BCUT2D eigenvalue weighted by Crippen LogP contribution is 2.40. The van der Waals surface area contributed by atoms with Gasteiger partial charge in [-0.2, -0.15) is 8.78 Å². The summed E-state index contributed by atoms with van der Waals surface area (Å²) in [7, 11) is -2.17. The molecule has 0 radical (unpaired) electrons. The Labute approximate surface area is 239 Å². The van der Waals surface area contributed by atoms with Crippen molar-refractivity contribution in [2.75, 3.05) is 0 Å². The molecule has 0 aliphatic rings. The summed E-state index contributed by atoms with van der Waals surface area (Å²) >= 11 is 0. The fourth-order valence-corrected chi connectivity index (χ4v) is 4.70. The number of nitrogens with zero attached hydrogens (tertiary/aromatic N) is 2. The number of carbonyl (C=O) groups is 2. The molecule has 4 aromatic rings. The minimum Gasteiger partial charge on any atom is -0.403 e. The average Bonchev–Trinajstić information content (AvgIpc) is 2.96. The number of aromatic nitrogens is 2. The quantitative estimate of drug-likeness (QED) is 0.156. The van der Waals surface area contributed by atoms with Crippen molar-refractivity contribution in [1.29, 1.82) is 0 Å². The van der Waals surface area contributed by atoms with E-state index in [9.17, 15) is 22.8 Å². The van der Waals surface area contributed by atoms with E-state index in [2.05, 4.69) is 43.8 Å². The number of pyridine rings is 2. The molecule has 9 heteroatoms. The summed E-state index contributed by atoms with van der Waals surface area (Å²) in [6.07, 6.45) is 5.06. The fourth-order valence-electron chi connectivity index (χ4n) is 3.51. The van der Waals surface area contributed by atoms with Crippen LogP contribution in [0.25, 0.3) is 0 Å². The number of benzene rings is 2. The summed E-state index contributed by atoms with van der Waals surface area (Å²) in [5.41, 5.74) is 0.858. The Kier molecular flexibility index (Phi) is 10.1. The molecule has 2 aromatic carbocycles. The molecule has 0 fully saturated rings. The lowest BCUT2D eigenvalue weighted by Crippen LogP contribution is -2.43. The lowest BCUT2D eigenvalue weighted by molar-refractivity contribution is 0.00738. The van der Waals surface area contributed by atoms with Gasteiger partial charge < -0.3 is 4.43 Å². The van der Waals surface area contributed by atoms with E-state index >= 15 is 0 Å². The first kappa shape index (κ1) is 31.6. The Bertz CT molecular complexity index is 1430. The van der Waals surface area contributed by atoms with E-state index in [1.807, 2.05) is 0 Å². The highest BCUT2D eigenvalue weighted by atomic mass is 28.4. The predicted molar refractivity (Wildman–Crippen MR) is 155 cm³/mol. The van der Waals surface area contributed by atoms with Crippen molar-refractivity contribution < 1.29 is 27.2 Å². The SMILES string of the molecule is CC(C)(C)[Si](C)(C)OC(C(=O)c1ccc(F)cc1)c1ccncc1.O=C(c1ccccc1)C(F)(F)c1ccncc1. The van der Waals surface area contributed by atoms with Crippen LogP contribution in [-0.2, 0) is 10.3 Å². The first-order valence-electron chi connectivity index (χ1n) is 13.0. The number of ketones is 2.